The highest BCUT2D eigenvalue weighted by molar-refractivity contribution is 9.10. The van der Waals surface area contributed by atoms with Gasteiger partial charge in [0, 0.05) is 10.7 Å². The summed E-state index contributed by atoms with van der Waals surface area (Å²) in [7, 11) is -3.25. The second-order valence-corrected chi connectivity index (χ2v) is 9.57. The monoisotopic (exact) mass is 417 g/mol. The first-order valence-electron chi connectivity index (χ1n) is 5.81. The Balaban J connectivity index is 1.90. The lowest BCUT2D eigenvalue weighted by molar-refractivity contribution is 0.603. The normalized spacial score (nSPS) is 11.7. The summed E-state index contributed by atoms with van der Waals surface area (Å²) in [6.07, 6.45) is 2.50. The predicted octanol–water partition coefficient (Wildman–Crippen LogP) is 2.44. The van der Waals surface area contributed by atoms with Crippen molar-refractivity contribution in [3.05, 3.63) is 34.9 Å². The molecule has 0 spiro atoms. The minimum absolute atomic E-state index is 0.220. The van der Waals surface area contributed by atoms with Crippen molar-refractivity contribution in [2.75, 3.05) is 6.26 Å². The molecule has 0 saturated carbocycles. The van der Waals surface area contributed by atoms with Gasteiger partial charge in [0.2, 0.25) is 5.16 Å². The standard InChI is InChI=1S/C11H8BrN5O2S3/c1-22(18,19)9-6-13-11(20-9)21-10-14-15-16-17(10)8-4-2-7(12)3-5-8/h2-6H,1H3. The van der Waals surface area contributed by atoms with Gasteiger partial charge in [-0.15, -0.1) is 5.10 Å². The van der Waals surface area contributed by atoms with Crippen LogP contribution in [0, 0.1) is 0 Å². The molecule has 3 rings (SSSR count). The summed E-state index contributed by atoms with van der Waals surface area (Å²) in [5, 5.41) is 12.1. The van der Waals surface area contributed by atoms with Gasteiger partial charge < -0.3 is 0 Å². The molecule has 0 N–H and O–H groups in total. The molecule has 0 radical (unpaired) electrons. The van der Waals surface area contributed by atoms with Crippen LogP contribution < -0.4 is 0 Å². The Labute approximate surface area is 142 Å². The van der Waals surface area contributed by atoms with Crippen LogP contribution in [0.15, 0.2) is 48.6 Å². The number of benzene rings is 1. The molecule has 0 unspecified atom stereocenters. The molecule has 0 saturated heterocycles. The zero-order chi connectivity index (χ0) is 15.7. The van der Waals surface area contributed by atoms with Crippen molar-refractivity contribution < 1.29 is 8.42 Å². The first-order valence-corrected chi connectivity index (χ1v) is 10.1. The van der Waals surface area contributed by atoms with Crippen molar-refractivity contribution in [3.8, 4) is 5.69 Å². The maximum atomic E-state index is 11.5. The summed E-state index contributed by atoms with van der Waals surface area (Å²) in [4.78, 5) is 4.09. The van der Waals surface area contributed by atoms with Gasteiger partial charge in [-0.05, 0) is 46.5 Å². The van der Waals surface area contributed by atoms with Gasteiger partial charge in [-0.3, -0.25) is 0 Å². The summed E-state index contributed by atoms with van der Waals surface area (Å²) in [5.74, 6) is 0. The Morgan fingerprint density at radius 1 is 1.27 bits per heavy atom. The van der Waals surface area contributed by atoms with Crippen LogP contribution in [-0.4, -0.2) is 39.9 Å². The first-order chi connectivity index (χ1) is 10.4. The number of sulfone groups is 1. The Kier molecular flexibility index (Phi) is 4.30. The topological polar surface area (TPSA) is 90.6 Å². The van der Waals surface area contributed by atoms with Gasteiger partial charge in [0.05, 0.1) is 11.9 Å². The van der Waals surface area contributed by atoms with Gasteiger partial charge in [-0.2, -0.15) is 4.68 Å². The Bertz CT molecular complexity index is 904. The lowest BCUT2D eigenvalue weighted by Crippen LogP contribution is -1.98. The van der Waals surface area contributed by atoms with E-state index < -0.39 is 9.84 Å². The summed E-state index contributed by atoms with van der Waals surface area (Å²) >= 11 is 5.68. The van der Waals surface area contributed by atoms with E-state index in [1.165, 1.54) is 18.0 Å². The van der Waals surface area contributed by atoms with Gasteiger partial charge >= 0.3 is 0 Å². The van der Waals surface area contributed by atoms with E-state index in [0.29, 0.717) is 9.50 Å². The summed E-state index contributed by atoms with van der Waals surface area (Å²) < 4.78 is 26.3. The average molecular weight is 418 g/mol. The fourth-order valence-electron chi connectivity index (χ4n) is 1.53. The molecule has 0 fully saturated rings. The van der Waals surface area contributed by atoms with Gasteiger partial charge in [-0.1, -0.05) is 27.3 Å². The van der Waals surface area contributed by atoms with Crippen LogP contribution in [0.25, 0.3) is 5.69 Å². The Hall–Kier alpha value is -1.30. The molecule has 0 amide bonds. The molecule has 11 heteroatoms. The highest BCUT2D eigenvalue weighted by Crippen LogP contribution is 2.32. The van der Waals surface area contributed by atoms with Crippen LogP contribution in [0.1, 0.15) is 0 Å². The van der Waals surface area contributed by atoms with E-state index in [1.54, 1.807) is 4.68 Å². The summed E-state index contributed by atoms with van der Waals surface area (Å²) in [6, 6.07) is 7.51. The second kappa shape index (κ2) is 6.07. The lowest BCUT2D eigenvalue weighted by atomic mass is 10.3. The molecule has 0 aliphatic rings. The van der Waals surface area contributed by atoms with Gasteiger partial charge in [0.15, 0.2) is 14.2 Å². The zero-order valence-corrected chi connectivity index (χ0v) is 15.1. The number of nitrogens with zero attached hydrogens (tertiary/aromatic N) is 5. The predicted molar refractivity (Wildman–Crippen MR) is 86.2 cm³/mol. The van der Waals surface area contributed by atoms with E-state index in [-0.39, 0.29) is 4.21 Å². The van der Waals surface area contributed by atoms with E-state index in [0.717, 1.165) is 27.8 Å². The van der Waals surface area contributed by atoms with Crippen LogP contribution in [-0.2, 0) is 9.84 Å². The van der Waals surface area contributed by atoms with E-state index in [4.69, 9.17) is 0 Å². The van der Waals surface area contributed by atoms with Gasteiger partial charge in [-0.25, -0.2) is 13.4 Å². The minimum Gasteiger partial charge on any atom is -0.236 e. The zero-order valence-electron chi connectivity index (χ0n) is 11.0. The molecule has 22 heavy (non-hydrogen) atoms. The second-order valence-electron chi connectivity index (χ2n) is 4.17. The van der Waals surface area contributed by atoms with Crippen molar-refractivity contribution in [1.82, 2.24) is 25.2 Å². The quantitative estimate of drug-likeness (QED) is 0.643. The van der Waals surface area contributed by atoms with E-state index in [1.807, 2.05) is 24.3 Å². The molecule has 7 nitrogen and oxygen atoms in total. The van der Waals surface area contributed by atoms with Crippen molar-refractivity contribution >= 4 is 48.9 Å². The third kappa shape index (κ3) is 3.37. The van der Waals surface area contributed by atoms with Crippen LogP contribution in [0.2, 0.25) is 0 Å². The van der Waals surface area contributed by atoms with Crippen molar-refractivity contribution in [3.63, 3.8) is 0 Å². The Morgan fingerprint density at radius 2 is 2.00 bits per heavy atom. The molecular weight excluding hydrogens is 410 g/mol. The van der Waals surface area contributed by atoms with Gasteiger partial charge in [0.1, 0.15) is 4.21 Å². The molecule has 0 aliphatic heterocycles. The Morgan fingerprint density at radius 3 is 2.64 bits per heavy atom. The maximum absolute atomic E-state index is 11.5. The number of halogens is 1. The SMILES string of the molecule is CS(=O)(=O)c1cnc(Sc2nnnn2-c2ccc(Br)cc2)s1. The molecule has 1 aromatic carbocycles. The largest absolute Gasteiger partial charge is 0.236 e. The third-order valence-electron chi connectivity index (χ3n) is 2.52. The van der Waals surface area contributed by atoms with E-state index in [2.05, 4.69) is 36.4 Å². The maximum Gasteiger partial charge on any atom is 0.221 e. The third-order valence-corrected chi connectivity index (χ3v) is 6.85. The molecule has 0 bridgehead atoms. The van der Waals surface area contributed by atoms with Crippen molar-refractivity contribution in [2.24, 2.45) is 0 Å². The van der Waals surface area contributed by atoms with E-state index >= 15 is 0 Å². The lowest BCUT2D eigenvalue weighted by Gasteiger charge is -2.02. The smallest absolute Gasteiger partial charge is 0.221 e. The molecule has 0 aliphatic carbocycles. The molecular formula is C11H8BrN5O2S3. The summed E-state index contributed by atoms with van der Waals surface area (Å²) in [6.45, 7) is 0. The number of aromatic nitrogens is 5. The number of thiazole rings is 1. The fourth-order valence-corrected chi connectivity index (χ4v) is 4.65. The number of rotatable bonds is 4. The first kappa shape index (κ1) is 15.6. The highest BCUT2D eigenvalue weighted by atomic mass is 79.9. The number of hydrogen-bond acceptors (Lipinski definition) is 8. The molecule has 0 atom stereocenters. The fraction of sp³-hybridized carbons (Fsp3) is 0.0909. The van der Waals surface area contributed by atoms with Crippen LogP contribution in [0.5, 0.6) is 0 Å². The van der Waals surface area contributed by atoms with Crippen LogP contribution >= 0.6 is 39.0 Å². The van der Waals surface area contributed by atoms with Crippen LogP contribution in [0.3, 0.4) is 0 Å². The van der Waals surface area contributed by atoms with Crippen molar-refractivity contribution in [1.29, 1.82) is 0 Å². The van der Waals surface area contributed by atoms with E-state index in [9.17, 15) is 8.42 Å². The minimum atomic E-state index is -3.25. The molecule has 2 heterocycles. The average Bonchev–Trinajstić information content (AvgIpc) is 3.09. The van der Waals surface area contributed by atoms with Gasteiger partial charge in [0.25, 0.3) is 0 Å². The number of hydrogen-bond donors (Lipinski definition) is 0. The summed E-state index contributed by atoms with van der Waals surface area (Å²) in [5.41, 5.74) is 0.801. The number of tetrazole rings is 1. The highest BCUT2D eigenvalue weighted by Gasteiger charge is 2.16. The molecule has 2 aromatic heterocycles. The molecule has 114 valence electrons. The van der Waals surface area contributed by atoms with Crippen LogP contribution in [0.4, 0.5) is 0 Å². The molecule has 3 aromatic rings. The van der Waals surface area contributed by atoms with Crippen molar-refractivity contribution in [2.45, 2.75) is 13.7 Å².